The average Bonchev–Trinajstić information content (AvgIpc) is 2.54. The van der Waals surface area contributed by atoms with E-state index in [4.69, 9.17) is 0 Å². The smallest absolute Gasteiger partial charge is 0.335 e. The SMILES string of the molecule is C=CC(=O)OCCOC(=O)CC(O)C(=O)OCCOC(=O)C=C.O. The van der Waals surface area contributed by atoms with Crippen molar-refractivity contribution in [2.45, 2.75) is 12.5 Å². The molecule has 1 unspecified atom stereocenters. The molecule has 0 saturated heterocycles. The average molecular weight is 348 g/mol. The van der Waals surface area contributed by atoms with E-state index in [-0.39, 0.29) is 31.9 Å². The van der Waals surface area contributed by atoms with Gasteiger partial charge in [-0.3, -0.25) is 4.79 Å². The van der Waals surface area contributed by atoms with Gasteiger partial charge >= 0.3 is 23.9 Å². The number of aliphatic hydroxyl groups excluding tert-OH is 1. The highest BCUT2D eigenvalue weighted by Gasteiger charge is 2.21. The molecule has 0 aromatic rings. The predicted molar refractivity (Wildman–Crippen MR) is 78.5 cm³/mol. The minimum absolute atomic E-state index is 0. The van der Waals surface area contributed by atoms with Crippen molar-refractivity contribution in [2.24, 2.45) is 0 Å². The quantitative estimate of drug-likeness (QED) is 0.202. The van der Waals surface area contributed by atoms with Crippen LogP contribution in [0.1, 0.15) is 6.42 Å². The number of aliphatic hydroxyl groups is 1. The zero-order chi connectivity index (χ0) is 17.7. The second-order valence-electron chi connectivity index (χ2n) is 3.85. The van der Waals surface area contributed by atoms with Gasteiger partial charge in [0.1, 0.15) is 26.4 Å². The van der Waals surface area contributed by atoms with Crippen LogP contribution in [0.15, 0.2) is 25.3 Å². The van der Waals surface area contributed by atoms with Gasteiger partial charge in [0.15, 0.2) is 6.10 Å². The van der Waals surface area contributed by atoms with Gasteiger partial charge in [0.05, 0.1) is 6.42 Å². The molecule has 0 amide bonds. The Morgan fingerprint density at radius 2 is 1.25 bits per heavy atom. The number of hydrogen-bond acceptors (Lipinski definition) is 9. The predicted octanol–water partition coefficient (Wildman–Crippen LogP) is -1.54. The monoisotopic (exact) mass is 348 g/mol. The summed E-state index contributed by atoms with van der Waals surface area (Å²) in [5, 5.41) is 9.43. The molecule has 136 valence electrons. The van der Waals surface area contributed by atoms with Crippen molar-refractivity contribution < 1.29 is 48.7 Å². The first-order chi connectivity index (χ1) is 10.9. The van der Waals surface area contributed by atoms with Crippen LogP contribution in [0, 0.1) is 0 Å². The van der Waals surface area contributed by atoms with E-state index in [1.165, 1.54) is 0 Å². The number of carbonyl (C=O) groups is 4. The molecule has 0 aromatic carbocycles. The number of rotatable bonds is 11. The third-order valence-electron chi connectivity index (χ3n) is 2.13. The van der Waals surface area contributed by atoms with Gasteiger partial charge in [0.25, 0.3) is 0 Å². The van der Waals surface area contributed by atoms with Gasteiger partial charge < -0.3 is 29.5 Å². The van der Waals surface area contributed by atoms with E-state index < -0.39 is 36.4 Å². The molecule has 0 aromatic heterocycles. The van der Waals surface area contributed by atoms with Gasteiger partial charge in [-0.2, -0.15) is 0 Å². The minimum Gasteiger partial charge on any atom is -0.462 e. The maximum atomic E-state index is 11.3. The van der Waals surface area contributed by atoms with Gasteiger partial charge in [0, 0.05) is 12.2 Å². The summed E-state index contributed by atoms with van der Waals surface area (Å²) in [5.74, 6) is -3.28. The molecule has 0 heterocycles. The van der Waals surface area contributed by atoms with Crippen LogP contribution in [0.3, 0.4) is 0 Å². The molecule has 10 heteroatoms. The van der Waals surface area contributed by atoms with Crippen molar-refractivity contribution in [1.82, 2.24) is 0 Å². The third-order valence-corrected chi connectivity index (χ3v) is 2.13. The van der Waals surface area contributed by atoms with E-state index in [9.17, 15) is 24.3 Å². The van der Waals surface area contributed by atoms with Crippen LogP contribution in [-0.4, -0.2) is 67.0 Å². The zero-order valence-electron chi connectivity index (χ0n) is 12.9. The molecule has 0 aliphatic heterocycles. The lowest BCUT2D eigenvalue weighted by atomic mass is 10.2. The summed E-state index contributed by atoms with van der Waals surface area (Å²) in [6, 6.07) is 0. The summed E-state index contributed by atoms with van der Waals surface area (Å²) in [5.41, 5.74) is 0. The number of esters is 4. The Bertz CT molecular complexity index is 456. The molecule has 0 aliphatic rings. The van der Waals surface area contributed by atoms with Crippen LogP contribution in [0.5, 0.6) is 0 Å². The molecule has 0 spiro atoms. The molecule has 0 saturated carbocycles. The lowest BCUT2D eigenvalue weighted by Crippen LogP contribution is -2.28. The number of ether oxygens (including phenoxy) is 4. The molecular formula is C14H20O10. The first-order valence-corrected chi connectivity index (χ1v) is 6.49. The van der Waals surface area contributed by atoms with E-state index in [0.717, 1.165) is 12.2 Å². The van der Waals surface area contributed by atoms with E-state index in [2.05, 4.69) is 32.1 Å². The Balaban J connectivity index is 0. The van der Waals surface area contributed by atoms with Crippen molar-refractivity contribution in [3.05, 3.63) is 25.3 Å². The Labute approximate surface area is 137 Å². The van der Waals surface area contributed by atoms with E-state index in [0.29, 0.717) is 0 Å². The maximum Gasteiger partial charge on any atom is 0.335 e. The highest BCUT2D eigenvalue weighted by Crippen LogP contribution is 1.98. The van der Waals surface area contributed by atoms with Crippen molar-refractivity contribution in [2.75, 3.05) is 26.4 Å². The molecule has 3 N–H and O–H groups in total. The standard InChI is InChI=1S/C14H18O9.H2O/c1-3-11(16)20-5-6-22-13(18)9-10(15)14(19)23-8-7-21-12(17)4-2;/h3-4,10,15H,1-2,5-9H2;1H2. The second-order valence-corrected chi connectivity index (χ2v) is 3.85. The van der Waals surface area contributed by atoms with Gasteiger partial charge in [-0.1, -0.05) is 13.2 Å². The lowest BCUT2D eigenvalue weighted by Gasteiger charge is -2.10. The summed E-state index contributed by atoms with van der Waals surface area (Å²) >= 11 is 0. The highest BCUT2D eigenvalue weighted by atomic mass is 16.6. The molecule has 0 bridgehead atoms. The summed E-state index contributed by atoms with van der Waals surface area (Å²) in [7, 11) is 0. The summed E-state index contributed by atoms with van der Waals surface area (Å²) < 4.78 is 18.3. The largest absolute Gasteiger partial charge is 0.462 e. The van der Waals surface area contributed by atoms with Gasteiger partial charge in [0.2, 0.25) is 0 Å². The molecule has 24 heavy (non-hydrogen) atoms. The van der Waals surface area contributed by atoms with Crippen molar-refractivity contribution in [3.63, 3.8) is 0 Å². The molecular weight excluding hydrogens is 328 g/mol. The normalized spacial score (nSPS) is 10.4. The maximum absolute atomic E-state index is 11.3. The Kier molecular flexibility index (Phi) is 13.6. The van der Waals surface area contributed by atoms with E-state index in [1.807, 2.05) is 0 Å². The summed E-state index contributed by atoms with van der Waals surface area (Å²) in [4.78, 5) is 44.0. The minimum atomic E-state index is -1.71. The molecule has 10 nitrogen and oxygen atoms in total. The highest BCUT2D eigenvalue weighted by molar-refractivity contribution is 5.82. The Morgan fingerprint density at radius 1 is 0.833 bits per heavy atom. The molecule has 1 atom stereocenters. The Morgan fingerprint density at radius 3 is 1.71 bits per heavy atom. The van der Waals surface area contributed by atoms with E-state index in [1.54, 1.807) is 0 Å². The fourth-order valence-corrected chi connectivity index (χ4v) is 1.10. The van der Waals surface area contributed by atoms with Crippen molar-refractivity contribution in [1.29, 1.82) is 0 Å². The fraction of sp³-hybridized carbons (Fsp3) is 0.429. The third kappa shape index (κ3) is 11.9. The van der Waals surface area contributed by atoms with Crippen LogP contribution in [-0.2, 0) is 38.1 Å². The van der Waals surface area contributed by atoms with Gasteiger partial charge in [-0.25, -0.2) is 14.4 Å². The molecule has 0 rings (SSSR count). The molecule has 0 radical (unpaired) electrons. The van der Waals surface area contributed by atoms with E-state index >= 15 is 0 Å². The van der Waals surface area contributed by atoms with Gasteiger partial charge in [-0.05, 0) is 0 Å². The lowest BCUT2D eigenvalue weighted by molar-refractivity contribution is -0.162. The summed E-state index contributed by atoms with van der Waals surface area (Å²) in [6.45, 7) is 5.47. The van der Waals surface area contributed by atoms with Crippen molar-refractivity contribution in [3.8, 4) is 0 Å². The fourth-order valence-electron chi connectivity index (χ4n) is 1.10. The zero-order valence-corrected chi connectivity index (χ0v) is 12.9. The van der Waals surface area contributed by atoms with Crippen LogP contribution in [0.2, 0.25) is 0 Å². The molecule has 0 aliphatic carbocycles. The summed E-state index contributed by atoms with van der Waals surface area (Å²) in [6.07, 6.45) is -0.443. The van der Waals surface area contributed by atoms with Crippen LogP contribution in [0.25, 0.3) is 0 Å². The van der Waals surface area contributed by atoms with Crippen LogP contribution in [0.4, 0.5) is 0 Å². The van der Waals surface area contributed by atoms with Crippen LogP contribution >= 0.6 is 0 Å². The topological polar surface area (TPSA) is 157 Å². The van der Waals surface area contributed by atoms with Crippen molar-refractivity contribution >= 4 is 23.9 Å². The first kappa shape index (κ1) is 23.5. The molecule has 0 fully saturated rings. The van der Waals surface area contributed by atoms with Crippen LogP contribution < -0.4 is 0 Å². The Hall–Kier alpha value is -2.72. The first-order valence-electron chi connectivity index (χ1n) is 6.49. The van der Waals surface area contributed by atoms with Gasteiger partial charge in [-0.15, -0.1) is 0 Å². The number of hydrogen-bond donors (Lipinski definition) is 1. The number of carbonyl (C=O) groups excluding carboxylic acids is 4. The second kappa shape index (κ2) is 13.9.